The van der Waals surface area contributed by atoms with Crippen LogP contribution in [0.3, 0.4) is 0 Å². The first-order valence-electron chi connectivity index (χ1n) is 12.3. The number of amides is 2. The van der Waals surface area contributed by atoms with E-state index in [0.717, 1.165) is 20.3 Å². The summed E-state index contributed by atoms with van der Waals surface area (Å²) < 4.78 is 48.3. The van der Waals surface area contributed by atoms with Gasteiger partial charge in [0.2, 0.25) is 15.9 Å². The third kappa shape index (κ3) is 5.48. The number of carbonyl (C=O) groups excluding carboxylic acids is 3. The number of hydrogen-bond acceptors (Lipinski definition) is 6. The van der Waals surface area contributed by atoms with E-state index in [1.165, 1.54) is 55.5 Å². The molecule has 1 fully saturated rings. The summed E-state index contributed by atoms with van der Waals surface area (Å²) in [5, 5.41) is 0. The number of carbonyl (C=O) groups is 3. The molecule has 3 aromatic carbocycles. The van der Waals surface area contributed by atoms with Gasteiger partial charge in [0.1, 0.15) is 17.6 Å². The smallest absolute Gasteiger partial charge is 0.308 e. The molecule has 4 rings (SSSR count). The number of imide groups is 1. The van der Waals surface area contributed by atoms with Crippen LogP contribution in [0.1, 0.15) is 41.2 Å². The number of benzene rings is 3. The van der Waals surface area contributed by atoms with E-state index in [9.17, 15) is 27.2 Å². The minimum absolute atomic E-state index is 0.0894. The second-order valence-corrected chi connectivity index (χ2v) is 11.5. The molecule has 204 valence electrons. The molecule has 0 bridgehead atoms. The predicted molar refractivity (Wildman–Crippen MR) is 143 cm³/mol. The molecule has 10 heteroatoms. The highest BCUT2D eigenvalue weighted by atomic mass is 32.2. The molecule has 3 aromatic rings. The summed E-state index contributed by atoms with van der Waals surface area (Å²) in [4.78, 5) is 39.1. The van der Waals surface area contributed by atoms with Crippen molar-refractivity contribution in [1.82, 2.24) is 4.31 Å². The van der Waals surface area contributed by atoms with Crippen molar-refractivity contribution in [2.45, 2.75) is 58.5 Å². The van der Waals surface area contributed by atoms with E-state index in [4.69, 9.17) is 4.74 Å². The first kappa shape index (κ1) is 28.1. The zero-order chi connectivity index (χ0) is 28.6. The SMILES string of the molecule is CC(=O)Oc1ccc(N2C(=O)CC(N(Cc3ccc(F)cc3)S(=O)(=O)c3c(C)c(C)cc(C)c3C)C2=O)cc1. The van der Waals surface area contributed by atoms with Crippen molar-refractivity contribution in [2.24, 2.45) is 0 Å². The molecule has 0 aliphatic carbocycles. The summed E-state index contributed by atoms with van der Waals surface area (Å²) in [6.07, 6.45) is -0.367. The van der Waals surface area contributed by atoms with E-state index in [-0.39, 0.29) is 29.3 Å². The normalized spacial score (nSPS) is 15.8. The van der Waals surface area contributed by atoms with Crippen LogP contribution in [-0.2, 0) is 31.0 Å². The fraction of sp³-hybridized carbons (Fsp3) is 0.276. The lowest BCUT2D eigenvalue weighted by Gasteiger charge is -2.29. The molecule has 0 aromatic heterocycles. The Morgan fingerprint density at radius 1 is 0.974 bits per heavy atom. The average Bonchev–Trinajstić information content (AvgIpc) is 3.15. The maximum absolute atomic E-state index is 14.3. The van der Waals surface area contributed by atoms with Crippen molar-refractivity contribution in [2.75, 3.05) is 4.90 Å². The summed E-state index contributed by atoms with van der Waals surface area (Å²) in [5.74, 6) is -2.04. The third-order valence-electron chi connectivity index (χ3n) is 6.94. The number of anilines is 1. The van der Waals surface area contributed by atoms with Crippen LogP contribution in [0.25, 0.3) is 0 Å². The van der Waals surface area contributed by atoms with Crippen molar-refractivity contribution in [3.63, 3.8) is 0 Å². The third-order valence-corrected chi connectivity index (χ3v) is 9.07. The summed E-state index contributed by atoms with van der Waals surface area (Å²) in [6.45, 7) is 8.07. The average molecular weight is 553 g/mol. The second kappa shape index (κ2) is 10.7. The minimum Gasteiger partial charge on any atom is -0.427 e. The van der Waals surface area contributed by atoms with Crippen LogP contribution in [0.2, 0.25) is 0 Å². The van der Waals surface area contributed by atoms with Crippen molar-refractivity contribution < 1.29 is 31.9 Å². The number of esters is 1. The van der Waals surface area contributed by atoms with Gasteiger partial charge in [-0.25, -0.2) is 17.7 Å². The van der Waals surface area contributed by atoms with E-state index in [1.54, 1.807) is 13.8 Å². The van der Waals surface area contributed by atoms with Crippen LogP contribution in [-0.4, -0.2) is 36.5 Å². The summed E-state index contributed by atoms with van der Waals surface area (Å²) in [6, 6.07) is 11.7. The maximum atomic E-state index is 14.3. The summed E-state index contributed by atoms with van der Waals surface area (Å²) >= 11 is 0. The maximum Gasteiger partial charge on any atom is 0.308 e. The molecule has 1 heterocycles. The topological polar surface area (TPSA) is 101 Å². The number of ether oxygens (including phenoxy) is 1. The van der Waals surface area contributed by atoms with E-state index >= 15 is 0 Å². The van der Waals surface area contributed by atoms with E-state index < -0.39 is 39.7 Å². The monoisotopic (exact) mass is 552 g/mol. The van der Waals surface area contributed by atoms with Crippen LogP contribution >= 0.6 is 0 Å². The summed E-state index contributed by atoms with van der Waals surface area (Å²) in [7, 11) is -4.30. The fourth-order valence-electron chi connectivity index (χ4n) is 4.76. The van der Waals surface area contributed by atoms with Crippen molar-refractivity contribution in [3.05, 3.63) is 88.2 Å². The predicted octanol–water partition coefficient (Wildman–Crippen LogP) is 4.51. The Balaban J connectivity index is 1.79. The van der Waals surface area contributed by atoms with Crippen molar-refractivity contribution in [1.29, 1.82) is 0 Å². The molecule has 0 spiro atoms. The Labute approximate surface area is 227 Å². The van der Waals surface area contributed by atoms with Crippen molar-refractivity contribution in [3.8, 4) is 5.75 Å². The fourth-order valence-corrected chi connectivity index (χ4v) is 6.91. The molecule has 1 aliphatic heterocycles. The Morgan fingerprint density at radius 3 is 2.08 bits per heavy atom. The standard InChI is InChI=1S/C29H29FN2O6S/c1-17-14-18(2)20(4)28(19(17)3)39(36,37)31(16-22-6-8-23(30)9-7-22)26-15-27(34)32(29(26)35)24-10-12-25(13-11-24)38-21(5)33/h6-14,26H,15-16H2,1-5H3. The molecular weight excluding hydrogens is 523 g/mol. The molecule has 1 atom stereocenters. The highest BCUT2D eigenvalue weighted by molar-refractivity contribution is 7.89. The van der Waals surface area contributed by atoms with Crippen LogP contribution in [0.15, 0.2) is 59.5 Å². The zero-order valence-corrected chi connectivity index (χ0v) is 23.1. The van der Waals surface area contributed by atoms with Crippen LogP contribution < -0.4 is 9.64 Å². The van der Waals surface area contributed by atoms with Gasteiger partial charge in [-0.05, 0) is 91.9 Å². The van der Waals surface area contributed by atoms with Gasteiger partial charge in [-0.1, -0.05) is 18.2 Å². The lowest BCUT2D eigenvalue weighted by atomic mass is 10.0. The van der Waals surface area contributed by atoms with Gasteiger partial charge in [0.25, 0.3) is 5.91 Å². The van der Waals surface area contributed by atoms with E-state index in [2.05, 4.69) is 0 Å². The first-order valence-corrected chi connectivity index (χ1v) is 13.7. The minimum atomic E-state index is -4.30. The van der Waals surface area contributed by atoms with Gasteiger partial charge in [-0.2, -0.15) is 4.31 Å². The highest BCUT2D eigenvalue weighted by Gasteiger charge is 2.47. The number of rotatable bonds is 7. The van der Waals surface area contributed by atoms with Gasteiger partial charge in [0, 0.05) is 13.5 Å². The molecule has 0 radical (unpaired) electrons. The molecule has 8 nitrogen and oxygen atoms in total. The Morgan fingerprint density at radius 2 is 1.54 bits per heavy atom. The second-order valence-electron chi connectivity index (χ2n) is 9.64. The molecular formula is C29H29FN2O6S. The van der Waals surface area contributed by atoms with E-state index in [1.807, 2.05) is 19.9 Å². The van der Waals surface area contributed by atoms with Gasteiger partial charge in [0.05, 0.1) is 17.0 Å². The van der Waals surface area contributed by atoms with Gasteiger partial charge < -0.3 is 4.74 Å². The number of nitrogens with zero attached hydrogens (tertiary/aromatic N) is 2. The van der Waals surface area contributed by atoms with E-state index in [0.29, 0.717) is 16.7 Å². The van der Waals surface area contributed by atoms with Crippen molar-refractivity contribution >= 4 is 33.5 Å². The van der Waals surface area contributed by atoms with Gasteiger partial charge in [-0.3, -0.25) is 14.4 Å². The van der Waals surface area contributed by atoms with Crippen LogP contribution in [0.4, 0.5) is 10.1 Å². The van der Waals surface area contributed by atoms with Gasteiger partial charge in [-0.15, -0.1) is 0 Å². The zero-order valence-electron chi connectivity index (χ0n) is 22.3. The number of aryl methyl sites for hydroxylation is 2. The number of hydrogen-bond donors (Lipinski definition) is 0. The molecule has 1 saturated heterocycles. The van der Waals surface area contributed by atoms with Crippen LogP contribution in [0.5, 0.6) is 5.75 Å². The van der Waals surface area contributed by atoms with Crippen LogP contribution in [0, 0.1) is 33.5 Å². The Kier molecular flexibility index (Phi) is 7.72. The molecule has 39 heavy (non-hydrogen) atoms. The molecule has 1 aliphatic rings. The molecule has 2 amide bonds. The Bertz CT molecular complexity index is 1540. The number of halogens is 1. The molecule has 0 N–H and O–H groups in total. The lowest BCUT2D eigenvalue weighted by Crippen LogP contribution is -2.45. The first-order chi connectivity index (χ1) is 18.3. The Hall–Kier alpha value is -3.89. The largest absolute Gasteiger partial charge is 0.427 e. The lowest BCUT2D eigenvalue weighted by molar-refractivity contribution is -0.132. The highest BCUT2D eigenvalue weighted by Crippen LogP contribution is 2.35. The number of sulfonamides is 1. The summed E-state index contributed by atoms with van der Waals surface area (Å²) in [5.41, 5.74) is 3.35. The molecule has 1 unspecified atom stereocenters. The quantitative estimate of drug-likeness (QED) is 0.243. The van der Waals surface area contributed by atoms with Gasteiger partial charge >= 0.3 is 5.97 Å². The van der Waals surface area contributed by atoms with Gasteiger partial charge in [0.15, 0.2) is 0 Å². The molecule has 0 saturated carbocycles.